The zero-order valence-corrected chi connectivity index (χ0v) is 8.64. The average molecular weight is 208 g/mol. The third kappa shape index (κ3) is 1.07. The maximum absolute atomic E-state index is 12.1. The van der Waals surface area contributed by atoms with Crippen LogP contribution in [0.4, 0.5) is 0 Å². The topological polar surface area (TPSA) is 42.0 Å². The van der Waals surface area contributed by atoms with Crippen molar-refractivity contribution in [3.63, 3.8) is 0 Å². The quantitative estimate of drug-likeness (QED) is 0.748. The molecule has 0 unspecified atom stereocenters. The van der Waals surface area contributed by atoms with Crippen LogP contribution in [0.2, 0.25) is 0 Å². The van der Waals surface area contributed by atoms with Gasteiger partial charge in [0.2, 0.25) is 5.78 Å². The maximum atomic E-state index is 12.1. The van der Waals surface area contributed by atoms with Gasteiger partial charge in [-0.15, -0.1) is 11.3 Å². The van der Waals surface area contributed by atoms with Crippen molar-refractivity contribution in [3.8, 4) is 0 Å². The van der Waals surface area contributed by atoms with E-state index in [1.54, 1.807) is 5.51 Å². The van der Waals surface area contributed by atoms with E-state index in [9.17, 15) is 4.79 Å². The van der Waals surface area contributed by atoms with Crippen LogP contribution in [0.25, 0.3) is 0 Å². The Hall–Kier alpha value is -0.740. The zero-order valence-electron chi connectivity index (χ0n) is 7.82. The van der Waals surface area contributed by atoms with Crippen LogP contribution in [0.15, 0.2) is 10.9 Å². The fourth-order valence-electron chi connectivity index (χ4n) is 2.63. The molecule has 3 heterocycles. The zero-order chi connectivity index (χ0) is 9.60. The Kier molecular flexibility index (Phi) is 1.76. The number of rotatable bonds is 2. The van der Waals surface area contributed by atoms with Crippen molar-refractivity contribution in [3.05, 3.63) is 16.6 Å². The molecule has 2 aliphatic heterocycles. The molecule has 0 amide bonds. The van der Waals surface area contributed by atoms with Gasteiger partial charge in [-0.05, 0) is 31.7 Å². The molecule has 1 aromatic heterocycles. The van der Waals surface area contributed by atoms with Crippen molar-refractivity contribution in [2.75, 3.05) is 6.54 Å². The van der Waals surface area contributed by atoms with Crippen molar-refractivity contribution < 1.29 is 4.79 Å². The Morgan fingerprint density at radius 1 is 1.64 bits per heavy atom. The minimum atomic E-state index is -0.239. The van der Waals surface area contributed by atoms with Gasteiger partial charge < -0.3 is 5.32 Å². The third-order valence-corrected chi connectivity index (χ3v) is 3.98. The molecule has 3 fully saturated rings. The molecule has 4 heteroatoms. The first-order chi connectivity index (χ1) is 6.80. The summed E-state index contributed by atoms with van der Waals surface area (Å²) in [5, 5.41) is 5.21. The molecule has 1 saturated carbocycles. The Morgan fingerprint density at radius 3 is 3.07 bits per heavy atom. The van der Waals surface area contributed by atoms with E-state index >= 15 is 0 Å². The summed E-state index contributed by atoms with van der Waals surface area (Å²) in [4.78, 5) is 16.2. The van der Waals surface area contributed by atoms with Gasteiger partial charge in [0.05, 0.1) is 11.0 Å². The van der Waals surface area contributed by atoms with Crippen LogP contribution in [0.3, 0.4) is 0 Å². The predicted molar refractivity (Wildman–Crippen MR) is 54.5 cm³/mol. The van der Waals surface area contributed by atoms with Crippen LogP contribution in [-0.4, -0.2) is 22.9 Å². The highest BCUT2D eigenvalue weighted by Gasteiger charge is 2.52. The summed E-state index contributed by atoms with van der Waals surface area (Å²) >= 11 is 1.49. The first kappa shape index (κ1) is 8.56. The molecule has 1 N–H and O–H groups in total. The lowest BCUT2D eigenvalue weighted by atomic mass is 9.61. The molecule has 0 atom stereocenters. The summed E-state index contributed by atoms with van der Waals surface area (Å²) in [5.41, 5.74) is 2.13. The number of thiazole rings is 1. The molecule has 0 spiro atoms. The number of carbonyl (C=O) groups excluding carboxylic acids is 1. The Balaban J connectivity index is 1.86. The number of ketones is 1. The number of piperidine rings is 2. The van der Waals surface area contributed by atoms with E-state index in [0.717, 1.165) is 25.3 Å². The minimum absolute atomic E-state index is 0.203. The van der Waals surface area contributed by atoms with Crippen molar-refractivity contribution in [1.82, 2.24) is 10.3 Å². The molecule has 74 valence electrons. The Morgan fingerprint density at radius 2 is 2.50 bits per heavy atom. The molecule has 0 aromatic carbocycles. The van der Waals surface area contributed by atoms with E-state index in [-0.39, 0.29) is 11.3 Å². The van der Waals surface area contributed by atoms with Gasteiger partial charge >= 0.3 is 0 Å². The van der Waals surface area contributed by atoms with Crippen LogP contribution in [-0.2, 0) is 0 Å². The normalized spacial score (nSPS) is 35.0. The van der Waals surface area contributed by atoms with E-state index in [1.807, 2.05) is 5.38 Å². The number of carbonyl (C=O) groups is 1. The second-order valence-corrected chi connectivity index (χ2v) is 4.99. The van der Waals surface area contributed by atoms with Crippen LogP contribution in [0, 0.1) is 5.92 Å². The van der Waals surface area contributed by atoms with Crippen molar-refractivity contribution >= 4 is 17.1 Å². The molecular formula is C10H12N2OS. The number of nitrogens with zero attached hydrogens (tertiary/aromatic N) is 1. The van der Waals surface area contributed by atoms with Crippen molar-refractivity contribution in [2.24, 2.45) is 5.92 Å². The fraction of sp³-hybridized carbons (Fsp3) is 0.600. The molecule has 1 aromatic rings. The van der Waals surface area contributed by atoms with E-state index in [2.05, 4.69) is 10.3 Å². The summed E-state index contributed by atoms with van der Waals surface area (Å²) in [6.45, 7) is 0.987. The lowest BCUT2D eigenvalue weighted by molar-refractivity contribution is 0.0387. The summed E-state index contributed by atoms with van der Waals surface area (Å²) in [5.74, 6) is 0.980. The van der Waals surface area contributed by atoms with Gasteiger partial charge in [-0.25, -0.2) is 4.98 Å². The molecule has 4 rings (SSSR count). The van der Waals surface area contributed by atoms with E-state index in [4.69, 9.17) is 0 Å². The van der Waals surface area contributed by atoms with Crippen LogP contribution in [0.5, 0.6) is 0 Å². The van der Waals surface area contributed by atoms with Crippen molar-refractivity contribution in [2.45, 2.75) is 24.8 Å². The van der Waals surface area contributed by atoms with E-state index in [0.29, 0.717) is 5.69 Å². The number of hydrogen-bond donors (Lipinski definition) is 1. The summed E-state index contributed by atoms with van der Waals surface area (Å²) < 4.78 is 0. The second-order valence-electron chi connectivity index (χ2n) is 4.27. The van der Waals surface area contributed by atoms with Gasteiger partial charge in [0.15, 0.2) is 0 Å². The average Bonchev–Trinajstić information content (AvgIpc) is 2.69. The number of aromatic nitrogens is 1. The molecular weight excluding hydrogens is 196 g/mol. The molecule has 2 bridgehead atoms. The fourth-order valence-corrected chi connectivity index (χ4v) is 3.16. The largest absolute Gasteiger partial charge is 0.305 e. The minimum Gasteiger partial charge on any atom is -0.305 e. The van der Waals surface area contributed by atoms with Gasteiger partial charge in [-0.1, -0.05) is 0 Å². The lowest BCUT2D eigenvalue weighted by Gasteiger charge is -2.51. The summed E-state index contributed by atoms with van der Waals surface area (Å²) in [6, 6.07) is 0. The van der Waals surface area contributed by atoms with Crippen molar-refractivity contribution in [1.29, 1.82) is 0 Å². The first-order valence-electron chi connectivity index (χ1n) is 4.98. The highest BCUT2D eigenvalue weighted by atomic mass is 32.1. The van der Waals surface area contributed by atoms with Gasteiger partial charge in [0, 0.05) is 5.38 Å². The van der Waals surface area contributed by atoms with Crippen LogP contribution in [0.1, 0.15) is 29.8 Å². The van der Waals surface area contributed by atoms with Gasteiger partial charge in [0.1, 0.15) is 5.69 Å². The number of nitrogens with one attached hydrogen (secondary N) is 1. The molecule has 3 nitrogen and oxygen atoms in total. The monoisotopic (exact) mass is 208 g/mol. The smallest absolute Gasteiger partial charge is 0.202 e. The Bertz CT molecular complexity index is 349. The van der Waals surface area contributed by atoms with Gasteiger partial charge in [-0.3, -0.25) is 4.79 Å². The lowest BCUT2D eigenvalue weighted by Crippen LogP contribution is -2.65. The summed E-state index contributed by atoms with van der Waals surface area (Å²) in [7, 11) is 0. The molecule has 1 aliphatic carbocycles. The van der Waals surface area contributed by atoms with Crippen LogP contribution < -0.4 is 5.32 Å². The van der Waals surface area contributed by atoms with Gasteiger partial charge in [0.25, 0.3) is 0 Å². The molecule has 0 radical (unpaired) electrons. The standard InChI is InChI=1S/C10H12N2OS/c13-9(8-5-14-6-11-8)10-3-7(4-10)1-2-12-10/h5-7,12H,1-4H2. The van der Waals surface area contributed by atoms with Gasteiger partial charge in [-0.2, -0.15) is 0 Å². The first-order valence-corrected chi connectivity index (χ1v) is 5.92. The molecule has 14 heavy (non-hydrogen) atoms. The van der Waals surface area contributed by atoms with E-state index < -0.39 is 0 Å². The number of hydrogen-bond acceptors (Lipinski definition) is 4. The summed E-state index contributed by atoms with van der Waals surface area (Å²) in [6.07, 6.45) is 3.26. The van der Waals surface area contributed by atoms with E-state index in [1.165, 1.54) is 17.8 Å². The highest BCUT2D eigenvalue weighted by molar-refractivity contribution is 7.07. The maximum Gasteiger partial charge on any atom is 0.202 e. The third-order valence-electron chi connectivity index (χ3n) is 3.39. The second kappa shape index (κ2) is 2.87. The number of fused-ring (bicyclic) bond motifs is 2. The predicted octanol–water partition coefficient (Wildman–Crippen LogP) is 1.47. The van der Waals surface area contributed by atoms with Crippen LogP contribution >= 0.6 is 11.3 Å². The highest BCUT2D eigenvalue weighted by Crippen LogP contribution is 2.44. The molecule has 2 saturated heterocycles. The number of Topliss-reactive ketones (excluding diaryl/α,β-unsaturated/α-hetero) is 1. The SMILES string of the molecule is O=C(c1cscn1)C12CC(CCN1)C2. The Labute approximate surface area is 86.5 Å². The molecule has 3 aliphatic rings.